The summed E-state index contributed by atoms with van der Waals surface area (Å²) < 4.78 is 0. The minimum absolute atomic E-state index is 0.175. The van der Waals surface area contributed by atoms with Crippen LogP contribution >= 0.6 is 0 Å². The van der Waals surface area contributed by atoms with Gasteiger partial charge in [-0.3, -0.25) is 9.59 Å². The number of carbonyl (C=O) groups excluding carboxylic acids is 2. The van der Waals surface area contributed by atoms with Crippen molar-refractivity contribution in [2.24, 2.45) is 0 Å². The van der Waals surface area contributed by atoms with E-state index in [2.05, 4.69) is 10.6 Å². The van der Waals surface area contributed by atoms with Gasteiger partial charge in [0.2, 0.25) is 5.91 Å². The summed E-state index contributed by atoms with van der Waals surface area (Å²) in [5.74, 6) is -1.28. The predicted octanol–water partition coefficient (Wildman–Crippen LogP) is -0.763. The zero-order valence-corrected chi connectivity index (χ0v) is 9.61. The number of aliphatic carboxylic acids is 1. The SMILES string of the molecule is CNC(=O)CCN(C)C(=O)N[C@H](C)C(=O)O. The quantitative estimate of drug-likeness (QED) is 0.579. The molecule has 3 amide bonds. The standard InChI is InChI=1S/C9H17N3O4/c1-6(8(14)15)11-9(16)12(3)5-4-7(13)10-2/h6H,4-5H2,1-3H3,(H,10,13)(H,11,16)(H,14,15)/t6-/m1/s1. The van der Waals surface area contributed by atoms with E-state index < -0.39 is 18.0 Å². The van der Waals surface area contributed by atoms with Crippen molar-refractivity contribution in [1.29, 1.82) is 0 Å². The number of carbonyl (C=O) groups is 3. The summed E-state index contributed by atoms with van der Waals surface area (Å²) in [7, 11) is 3.00. The number of hydrogen-bond donors (Lipinski definition) is 3. The van der Waals surface area contributed by atoms with Gasteiger partial charge in [0.05, 0.1) is 0 Å². The van der Waals surface area contributed by atoms with E-state index in [1.165, 1.54) is 25.9 Å². The predicted molar refractivity (Wildman–Crippen MR) is 56.9 cm³/mol. The van der Waals surface area contributed by atoms with Crippen LogP contribution in [0.1, 0.15) is 13.3 Å². The molecule has 0 fully saturated rings. The fourth-order valence-electron chi connectivity index (χ4n) is 0.853. The number of carboxylic acid groups (broad SMARTS) is 1. The number of amides is 3. The zero-order valence-electron chi connectivity index (χ0n) is 9.61. The molecule has 0 bridgehead atoms. The molecular formula is C9H17N3O4. The molecule has 0 aromatic heterocycles. The fourth-order valence-corrected chi connectivity index (χ4v) is 0.853. The van der Waals surface area contributed by atoms with Crippen LogP contribution in [0.15, 0.2) is 0 Å². The third-order valence-corrected chi connectivity index (χ3v) is 2.01. The fraction of sp³-hybridized carbons (Fsp3) is 0.667. The Morgan fingerprint density at radius 1 is 1.38 bits per heavy atom. The number of urea groups is 1. The van der Waals surface area contributed by atoms with Crippen LogP contribution in [0.3, 0.4) is 0 Å². The third-order valence-electron chi connectivity index (χ3n) is 2.01. The average Bonchev–Trinajstić information content (AvgIpc) is 2.24. The lowest BCUT2D eigenvalue weighted by Crippen LogP contribution is -2.45. The number of nitrogens with zero attached hydrogens (tertiary/aromatic N) is 1. The van der Waals surface area contributed by atoms with E-state index in [0.717, 1.165) is 0 Å². The van der Waals surface area contributed by atoms with Crippen molar-refractivity contribution in [1.82, 2.24) is 15.5 Å². The van der Waals surface area contributed by atoms with Crippen molar-refractivity contribution >= 4 is 17.9 Å². The summed E-state index contributed by atoms with van der Waals surface area (Å²) in [5, 5.41) is 13.3. The van der Waals surface area contributed by atoms with Crippen LogP contribution in [-0.4, -0.2) is 54.6 Å². The molecular weight excluding hydrogens is 214 g/mol. The molecule has 0 aromatic rings. The molecule has 92 valence electrons. The molecule has 0 spiro atoms. The molecule has 7 nitrogen and oxygen atoms in total. The number of hydrogen-bond acceptors (Lipinski definition) is 3. The smallest absolute Gasteiger partial charge is 0.325 e. The Balaban J connectivity index is 3.99. The molecule has 0 aromatic carbocycles. The van der Waals surface area contributed by atoms with E-state index in [0.29, 0.717) is 0 Å². The maximum absolute atomic E-state index is 11.4. The average molecular weight is 231 g/mol. The molecule has 0 saturated carbocycles. The highest BCUT2D eigenvalue weighted by Gasteiger charge is 2.16. The van der Waals surface area contributed by atoms with Gasteiger partial charge in [0, 0.05) is 27.1 Å². The molecule has 0 heterocycles. The van der Waals surface area contributed by atoms with Gasteiger partial charge in [-0.15, -0.1) is 0 Å². The maximum atomic E-state index is 11.4. The molecule has 0 unspecified atom stereocenters. The Hall–Kier alpha value is -1.79. The highest BCUT2D eigenvalue weighted by atomic mass is 16.4. The Morgan fingerprint density at radius 3 is 2.38 bits per heavy atom. The number of carboxylic acids is 1. The molecule has 16 heavy (non-hydrogen) atoms. The lowest BCUT2D eigenvalue weighted by atomic mass is 10.3. The van der Waals surface area contributed by atoms with Gasteiger partial charge in [0.15, 0.2) is 0 Å². The first-order chi connectivity index (χ1) is 7.38. The van der Waals surface area contributed by atoms with Crippen LogP contribution in [0.4, 0.5) is 4.79 Å². The molecule has 0 aliphatic heterocycles. The van der Waals surface area contributed by atoms with Crippen molar-refractivity contribution in [2.75, 3.05) is 20.6 Å². The topological polar surface area (TPSA) is 98.7 Å². The minimum Gasteiger partial charge on any atom is -0.480 e. The molecule has 7 heteroatoms. The van der Waals surface area contributed by atoms with Crippen molar-refractivity contribution in [3.05, 3.63) is 0 Å². The number of rotatable bonds is 5. The van der Waals surface area contributed by atoms with Gasteiger partial charge in [-0.05, 0) is 6.92 Å². The second kappa shape index (κ2) is 6.65. The molecule has 0 aliphatic carbocycles. The molecule has 3 N–H and O–H groups in total. The lowest BCUT2D eigenvalue weighted by Gasteiger charge is -2.19. The van der Waals surface area contributed by atoms with Crippen LogP contribution in [0.5, 0.6) is 0 Å². The van der Waals surface area contributed by atoms with Crippen molar-refractivity contribution in [3.63, 3.8) is 0 Å². The summed E-state index contributed by atoms with van der Waals surface area (Å²) in [5.41, 5.74) is 0. The Labute approximate surface area is 93.8 Å². The van der Waals surface area contributed by atoms with Gasteiger partial charge in [-0.1, -0.05) is 0 Å². The van der Waals surface area contributed by atoms with E-state index in [9.17, 15) is 14.4 Å². The van der Waals surface area contributed by atoms with Crippen LogP contribution in [0.2, 0.25) is 0 Å². The van der Waals surface area contributed by atoms with Crippen LogP contribution in [0, 0.1) is 0 Å². The summed E-state index contributed by atoms with van der Waals surface area (Å²) >= 11 is 0. The van der Waals surface area contributed by atoms with Gasteiger partial charge in [-0.2, -0.15) is 0 Å². The van der Waals surface area contributed by atoms with E-state index in [1.807, 2.05) is 0 Å². The second-order valence-corrected chi connectivity index (χ2v) is 3.35. The highest BCUT2D eigenvalue weighted by molar-refractivity contribution is 5.82. The first kappa shape index (κ1) is 14.2. The second-order valence-electron chi connectivity index (χ2n) is 3.35. The summed E-state index contributed by atoms with van der Waals surface area (Å²) in [6, 6.07) is -1.46. The van der Waals surface area contributed by atoms with E-state index in [4.69, 9.17) is 5.11 Å². The van der Waals surface area contributed by atoms with Crippen molar-refractivity contribution in [3.8, 4) is 0 Å². The molecule has 0 saturated heterocycles. The van der Waals surface area contributed by atoms with Gasteiger partial charge in [-0.25, -0.2) is 4.79 Å². The minimum atomic E-state index is -1.10. The van der Waals surface area contributed by atoms with Gasteiger partial charge >= 0.3 is 12.0 Å². The maximum Gasteiger partial charge on any atom is 0.325 e. The number of nitrogens with one attached hydrogen (secondary N) is 2. The summed E-state index contributed by atoms with van der Waals surface area (Å²) in [6.45, 7) is 1.60. The monoisotopic (exact) mass is 231 g/mol. The Kier molecular flexibility index (Phi) is 5.91. The van der Waals surface area contributed by atoms with Gasteiger partial charge < -0.3 is 20.6 Å². The zero-order chi connectivity index (χ0) is 12.7. The van der Waals surface area contributed by atoms with Crippen LogP contribution in [-0.2, 0) is 9.59 Å². The lowest BCUT2D eigenvalue weighted by molar-refractivity contribution is -0.138. The third kappa shape index (κ3) is 5.18. The van der Waals surface area contributed by atoms with Crippen LogP contribution < -0.4 is 10.6 Å². The Morgan fingerprint density at radius 2 is 1.94 bits per heavy atom. The molecule has 1 atom stereocenters. The van der Waals surface area contributed by atoms with Gasteiger partial charge in [0.25, 0.3) is 0 Å². The van der Waals surface area contributed by atoms with Crippen LogP contribution in [0.25, 0.3) is 0 Å². The van der Waals surface area contributed by atoms with E-state index in [-0.39, 0.29) is 18.9 Å². The first-order valence-electron chi connectivity index (χ1n) is 4.83. The Bertz CT molecular complexity index is 280. The van der Waals surface area contributed by atoms with E-state index in [1.54, 1.807) is 0 Å². The van der Waals surface area contributed by atoms with Gasteiger partial charge in [0.1, 0.15) is 6.04 Å². The van der Waals surface area contributed by atoms with Crippen molar-refractivity contribution < 1.29 is 19.5 Å². The highest BCUT2D eigenvalue weighted by Crippen LogP contribution is 1.91. The molecule has 0 radical (unpaired) electrons. The van der Waals surface area contributed by atoms with Crippen molar-refractivity contribution in [2.45, 2.75) is 19.4 Å². The molecule has 0 aliphatic rings. The largest absolute Gasteiger partial charge is 0.480 e. The summed E-state index contributed by atoms with van der Waals surface area (Å²) in [4.78, 5) is 34.0. The van der Waals surface area contributed by atoms with E-state index >= 15 is 0 Å². The molecule has 0 rings (SSSR count). The normalized spacial score (nSPS) is 11.4. The first-order valence-corrected chi connectivity index (χ1v) is 4.83. The summed E-state index contributed by atoms with van der Waals surface area (Å²) in [6.07, 6.45) is 0.182.